The largest absolute Gasteiger partial charge is 0.493 e. The lowest BCUT2D eigenvalue weighted by Gasteiger charge is -2.20. The van der Waals surface area contributed by atoms with Gasteiger partial charge in [-0.25, -0.2) is 0 Å². The lowest BCUT2D eigenvalue weighted by atomic mass is 9.96. The summed E-state index contributed by atoms with van der Waals surface area (Å²) in [6.45, 7) is 1.97. The average molecular weight is 279 g/mol. The summed E-state index contributed by atoms with van der Waals surface area (Å²) in [6, 6.07) is 6.01. The quantitative estimate of drug-likeness (QED) is 0.717. The van der Waals surface area contributed by atoms with Gasteiger partial charge < -0.3 is 18.9 Å². The SMILES string of the molecule is COc1cc(C)c(C[C@H](C#N)C(OC)OC)cc1OC. The van der Waals surface area contributed by atoms with Crippen LogP contribution in [0.5, 0.6) is 11.5 Å². The van der Waals surface area contributed by atoms with E-state index in [1.807, 2.05) is 19.1 Å². The highest BCUT2D eigenvalue weighted by Crippen LogP contribution is 2.31. The lowest BCUT2D eigenvalue weighted by molar-refractivity contribution is -0.124. The molecule has 110 valence electrons. The third-order valence-corrected chi connectivity index (χ3v) is 3.24. The van der Waals surface area contributed by atoms with E-state index < -0.39 is 6.29 Å². The minimum absolute atomic E-state index is 0.387. The van der Waals surface area contributed by atoms with Crippen LogP contribution in [0.4, 0.5) is 0 Å². The van der Waals surface area contributed by atoms with Crippen LogP contribution in [0, 0.1) is 24.2 Å². The predicted molar refractivity (Wildman–Crippen MR) is 74.9 cm³/mol. The Kier molecular flexibility index (Phi) is 6.29. The van der Waals surface area contributed by atoms with E-state index in [1.165, 1.54) is 14.2 Å². The van der Waals surface area contributed by atoms with Crippen LogP contribution in [0.2, 0.25) is 0 Å². The number of hydrogen-bond acceptors (Lipinski definition) is 5. The van der Waals surface area contributed by atoms with Crippen molar-refractivity contribution in [2.45, 2.75) is 19.6 Å². The highest BCUT2D eigenvalue weighted by Gasteiger charge is 2.22. The van der Waals surface area contributed by atoms with Gasteiger partial charge in [0.15, 0.2) is 17.8 Å². The fourth-order valence-corrected chi connectivity index (χ4v) is 2.11. The number of benzene rings is 1. The van der Waals surface area contributed by atoms with E-state index in [0.717, 1.165) is 11.1 Å². The molecule has 0 aliphatic rings. The molecule has 5 heteroatoms. The molecule has 20 heavy (non-hydrogen) atoms. The maximum Gasteiger partial charge on any atom is 0.172 e. The summed E-state index contributed by atoms with van der Waals surface area (Å²) < 4.78 is 20.9. The Hall–Kier alpha value is -1.77. The Bertz CT molecular complexity index is 477. The summed E-state index contributed by atoms with van der Waals surface area (Å²) in [6.07, 6.45) is -0.0258. The molecule has 0 radical (unpaired) electrons. The first-order valence-corrected chi connectivity index (χ1v) is 6.27. The number of nitriles is 1. The van der Waals surface area contributed by atoms with E-state index in [1.54, 1.807) is 14.2 Å². The smallest absolute Gasteiger partial charge is 0.172 e. The predicted octanol–water partition coefficient (Wildman–Crippen LogP) is 2.31. The first-order chi connectivity index (χ1) is 9.60. The van der Waals surface area contributed by atoms with Gasteiger partial charge in [0.1, 0.15) is 5.92 Å². The standard InChI is InChI=1S/C15H21NO4/c1-10-6-13(17-2)14(18-3)8-11(10)7-12(9-16)15(19-4)20-5/h6,8,12,15H,7H2,1-5H3/t12-/m1/s1. The van der Waals surface area contributed by atoms with Crippen molar-refractivity contribution in [1.29, 1.82) is 5.26 Å². The van der Waals surface area contributed by atoms with Crippen molar-refractivity contribution in [3.8, 4) is 17.6 Å². The fraction of sp³-hybridized carbons (Fsp3) is 0.533. The second kappa shape index (κ2) is 7.73. The van der Waals surface area contributed by atoms with Crippen molar-refractivity contribution < 1.29 is 18.9 Å². The third kappa shape index (κ3) is 3.62. The van der Waals surface area contributed by atoms with Gasteiger partial charge in [0.2, 0.25) is 0 Å². The molecule has 0 fully saturated rings. The van der Waals surface area contributed by atoms with E-state index >= 15 is 0 Å². The van der Waals surface area contributed by atoms with Crippen LogP contribution >= 0.6 is 0 Å². The summed E-state index contributed by atoms with van der Waals surface area (Å²) in [5, 5.41) is 9.27. The fourth-order valence-electron chi connectivity index (χ4n) is 2.11. The second-order valence-electron chi connectivity index (χ2n) is 4.41. The average Bonchev–Trinajstić information content (AvgIpc) is 2.48. The van der Waals surface area contributed by atoms with Gasteiger partial charge in [-0.3, -0.25) is 0 Å². The van der Waals surface area contributed by atoms with E-state index in [2.05, 4.69) is 6.07 Å². The summed E-state index contributed by atoms with van der Waals surface area (Å²) in [5.41, 5.74) is 2.04. The molecule has 0 amide bonds. The molecule has 0 aliphatic carbocycles. The van der Waals surface area contributed by atoms with Crippen LogP contribution < -0.4 is 9.47 Å². The van der Waals surface area contributed by atoms with Crippen LogP contribution in [-0.2, 0) is 15.9 Å². The van der Waals surface area contributed by atoms with Gasteiger partial charge in [-0.2, -0.15) is 5.26 Å². The molecule has 0 N–H and O–H groups in total. The summed E-state index contributed by atoms with van der Waals surface area (Å²) in [5.74, 6) is 0.940. The van der Waals surface area contributed by atoms with Crippen molar-refractivity contribution in [3.63, 3.8) is 0 Å². The van der Waals surface area contributed by atoms with Crippen LogP contribution in [0.3, 0.4) is 0 Å². The Morgan fingerprint density at radius 1 is 1.05 bits per heavy atom. The summed E-state index contributed by atoms with van der Waals surface area (Å²) in [7, 11) is 6.24. The van der Waals surface area contributed by atoms with Gasteiger partial charge >= 0.3 is 0 Å². The minimum Gasteiger partial charge on any atom is -0.493 e. The number of hydrogen-bond donors (Lipinski definition) is 0. The van der Waals surface area contributed by atoms with Gasteiger partial charge in [-0.15, -0.1) is 0 Å². The Labute approximate surface area is 120 Å². The molecule has 1 aromatic carbocycles. The molecule has 0 heterocycles. The first kappa shape index (κ1) is 16.3. The normalized spacial score (nSPS) is 12.1. The maximum atomic E-state index is 9.27. The number of rotatable bonds is 7. The zero-order chi connectivity index (χ0) is 15.1. The van der Waals surface area contributed by atoms with Crippen molar-refractivity contribution in [2.24, 2.45) is 5.92 Å². The Morgan fingerprint density at radius 2 is 1.60 bits per heavy atom. The number of methoxy groups -OCH3 is 4. The molecule has 1 rings (SSSR count). The molecule has 0 bridgehead atoms. The van der Waals surface area contributed by atoms with E-state index in [4.69, 9.17) is 18.9 Å². The highest BCUT2D eigenvalue weighted by molar-refractivity contribution is 5.47. The summed E-state index contributed by atoms with van der Waals surface area (Å²) >= 11 is 0. The van der Waals surface area contributed by atoms with E-state index in [0.29, 0.717) is 17.9 Å². The number of nitrogens with zero attached hydrogens (tertiary/aromatic N) is 1. The van der Waals surface area contributed by atoms with Crippen LogP contribution in [0.1, 0.15) is 11.1 Å². The molecular weight excluding hydrogens is 258 g/mol. The molecule has 0 unspecified atom stereocenters. The van der Waals surface area contributed by atoms with Crippen LogP contribution in [-0.4, -0.2) is 34.7 Å². The van der Waals surface area contributed by atoms with Gasteiger partial charge in [-0.05, 0) is 36.6 Å². The molecule has 0 saturated heterocycles. The molecular formula is C15H21NO4. The monoisotopic (exact) mass is 279 g/mol. The van der Waals surface area contributed by atoms with E-state index in [-0.39, 0.29) is 5.92 Å². The van der Waals surface area contributed by atoms with Crippen molar-refractivity contribution in [2.75, 3.05) is 28.4 Å². The zero-order valence-corrected chi connectivity index (χ0v) is 12.6. The van der Waals surface area contributed by atoms with Crippen molar-refractivity contribution in [1.82, 2.24) is 0 Å². The Morgan fingerprint density at radius 3 is 2.05 bits per heavy atom. The topological polar surface area (TPSA) is 60.7 Å². The molecule has 0 spiro atoms. The molecule has 1 atom stereocenters. The molecule has 5 nitrogen and oxygen atoms in total. The van der Waals surface area contributed by atoms with Gasteiger partial charge in [-0.1, -0.05) is 0 Å². The van der Waals surface area contributed by atoms with Crippen LogP contribution in [0.15, 0.2) is 12.1 Å². The number of ether oxygens (including phenoxy) is 4. The minimum atomic E-state index is -0.549. The van der Waals surface area contributed by atoms with E-state index in [9.17, 15) is 5.26 Å². The highest BCUT2D eigenvalue weighted by atomic mass is 16.7. The summed E-state index contributed by atoms with van der Waals surface area (Å²) in [4.78, 5) is 0. The second-order valence-corrected chi connectivity index (χ2v) is 4.41. The molecule has 0 aromatic heterocycles. The van der Waals surface area contributed by atoms with Crippen molar-refractivity contribution in [3.05, 3.63) is 23.3 Å². The van der Waals surface area contributed by atoms with Gasteiger partial charge in [0, 0.05) is 14.2 Å². The Balaban J connectivity index is 3.05. The van der Waals surface area contributed by atoms with Gasteiger partial charge in [0.25, 0.3) is 0 Å². The van der Waals surface area contributed by atoms with Gasteiger partial charge in [0.05, 0.1) is 20.3 Å². The third-order valence-electron chi connectivity index (χ3n) is 3.24. The zero-order valence-electron chi connectivity index (χ0n) is 12.6. The molecule has 1 aromatic rings. The molecule has 0 aliphatic heterocycles. The number of aryl methyl sites for hydroxylation is 1. The first-order valence-electron chi connectivity index (χ1n) is 6.27. The van der Waals surface area contributed by atoms with Crippen molar-refractivity contribution >= 4 is 0 Å². The van der Waals surface area contributed by atoms with Crippen LogP contribution in [0.25, 0.3) is 0 Å². The lowest BCUT2D eigenvalue weighted by Crippen LogP contribution is -2.25. The molecule has 0 saturated carbocycles. The maximum absolute atomic E-state index is 9.27.